The molecule has 0 radical (unpaired) electrons. The van der Waals surface area contributed by atoms with Crippen LogP contribution in [0.3, 0.4) is 0 Å². The summed E-state index contributed by atoms with van der Waals surface area (Å²) < 4.78 is 37.4. The summed E-state index contributed by atoms with van der Waals surface area (Å²) in [4.78, 5) is 3.93. The molecular weight excluding hydrogens is 229 g/mol. The Morgan fingerprint density at radius 3 is 2.29 bits per heavy atom. The summed E-state index contributed by atoms with van der Waals surface area (Å²) >= 11 is 0. The van der Waals surface area contributed by atoms with Gasteiger partial charge in [0.25, 0.3) is 0 Å². The molecule has 0 amide bonds. The number of halogens is 3. The lowest BCUT2D eigenvalue weighted by Crippen LogP contribution is -2.44. The number of alkyl halides is 3. The maximum absolute atomic E-state index is 12.5. The van der Waals surface area contributed by atoms with Crippen LogP contribution in [0.1, 0.15) is 25.7 Å². The van der Waals surface area contributed by atoms with Crippen molar-refractivity contribution < 1.29 is 13.2 Å². The molecule has 0 aromatic heterocycles. The van der Waals surface area contributed by atoms with Crippen molar-refractivity contribution in [2.45, 2.75) is 37.9 Å². The smallest absolute Gasteiger partial charge is 0.306 e. The fraction of sp³-hybridized carbons (Fsp3) is 1.00. The van der Waals surface area contributed by atoms with Crippen LogP contribution in [0.4, 0.5) is 13.2 Å². The van der Waals surface area contributed by atoms with Crippen molar-refractivity contribution in [1.82, 2.24) is 9.80 Å². The summed E-state index contributed by atoms with van der Waals surface area (Å²) in [5.41, 5.74) is 0. The van der Waals surface area contributed by atoms with E-state index in [0.717, 1.165) is 38.8 Å². The summed E-state index contributed by atoms with van der Waals surface area (Å²) in [5.74, 6) is 0.469. The molecule has 2 aliphatic rings. The van der Waals surface area contributed by atoms with E-state index in [-0.39, 0.29) is 6.04 Å². The van der Waals surface area contributed by atoms with Gasteiger partial charge in [-0.1, -0.05) is 0 Å². The minimum absolute atomic E-state index is 0.172. The molecule has 2 rings (SSSR count). The molecule has 0 bridgehead atoms. The van der Waals surface area contributed by atoms with Gasteiger partial charge >= 0.3 is 6.18 Å². The molecule has 2 nitrogen and oxygen atoms in total. The Morgan fingerprint density at radius 2 is 1.71 bits per heavy atom. The molecule has 0 unspecified atom stereocenters. The van der Waals surface area contributed by atoms with Crippen molar-refractivity contribution in [3.8, 4) is 0 Å². The first-order valence-electron chi connectivity index (χ1n) is 6.45. The van der Waals surface area contributed by atoms with Crippen LogP contribution in [0.2, 0.25) is 0 Å². The third kappa shape index (κ3) is 3.58. The largest absolute Gasteiger partial charge is 0.401 e. The average molecular weight is 250 g/mol. The molecule has 2 fully saturated rings. The van der Waals surface area contributed by atoms with Crippen molar-refractivity contribution in [3.05, 3.63) is 0 Å². The maximum atomic E-state index is 12.5. The fourth-order valence-electron chi connectivity index (χ4n) is 3.23. The van der Waals surface area contributed by atoms with E-state index in [2.05, 4.69) is 11.9 Å². The first-order chi connectivity index (χ1) is 7.96. The molecule has 0 saturated carbocycles. The summed E-state index contributed by atoms with van der Waals surface area (Å²) in [6, 6.07) is 0.172. The molecule has 0 aromatic carbocycles. The van der Waals surface area contributed by atoms with E-state index in [1.54, 1.807) is 4.90 Å². The highest BCUT2D eigenvalue weighted by molar-refractivity contribution is 4.88. The zero-order chi connectivity index (χ0) is 12.5. The van der Waals surface area contributed by atoms with Crippen molar-refractivity contribution >= 4 is 0 Å². The summed E-state index contributed by atoms with van der Waals surface area (Å²) in [7, 11) is 2.08. The van der Waals surface area contributed by atoms with E-state index >= 15 is 0 Å². The maximum Gasteiger partial charge on any atom is 0.401 e. The second kappa shape index (κ2) is 5.14. The molecule has 1 atom stereocenters. The molecule has 0 N–H and O–H groups in total. The Morgan fingerprint density at radius 1 is 1.06 bits per heavy atom. The Hall–Kier alpha value is -0.290. The van der Waals surface area contributed by atoms with Gasteiger partial charge in [0.15, 0.2) is 0 Å². The van der Waals surface area contributed by atoms with E-state index in [1.165, 1.54) is 0 Å². The molecule has 2 aliphatic heterocycles. The Kier molecular flexibility index (Phi) is 3.98. The van der Waals surface area contributed by atoms with Crippen LogP contribution < -0.4 is 0 Å². The minimum atomic E-state index is -4.05. The van der Waals surface area contributed by atoms with Gasteiger partial charge in [0, 0.05) is 6.04 Å². The number of hydrogen-bond acceptors (Lipinski definition) is 2. The van der Waals surface area contributed by atoms with Gasteiger partial charge in [0.2, 0.25) is 0 Å². The van der Waals surface area contributed by atoms with Crippen molar-refractivity contribution in [2.75, 3.05) is 33.2 Å². The van der Waals surface area contributed by atoms with Gasteiger partial charge in [-0.15, -0.1) is 0 Å². The molecule has 0 aliphatic carbocycles. The predicted octanol–water partition coefficient (Wildman–Crippen LogP) is 2.35. The third-order valence-corrected chi connectivity index (χ3v) is 4.10. The Balaban J connectivity index is 1.90. The monoisotopic (exact) mass is 250 g/mol. The summed E-state index contributed by atoms with van der Waals surface area (Å²) in [6.07, 6.45) is -0.0728. The van der Waals surface area contributed by atoms with E-state index in [9.17, 15) is 13.2 Å². The first-order valence-corrected chi connectivity index (χ1v) is 6.45. The van der Waals surface area contributed by atoms with Crippen LogP contribution in [-0.2, 0) is 0 Å². The third-order valence-electron chi connectivity index (χ3n) is 4.10. The van der Waals surface area contributed by atoms with Gasteiger partial charge in [0.1, 0.15) is 0 Å². The van der Waals surface area contributed by atoms with Gasteiger partial charge in [-0.25, -0.2) is 0 Å². The predicted molar refractivity (Wildman–Crippen MR) is 60.9 cm³/mol. The highest BCUT2D eigenvalue weighted by atomic mass is 19.4. The minimum Gasteiger partial charge on any atom is -0.306 e. The molecule has 5 heteroatoms. The molecular formula is C12H21F3N2. The van der Waals surface area contributed by atoms with Gasteiger partial charge in [0.05, 0.1) is 6.54 Å². The zero-order valence-corrected chi connectivity index (χ0v) is 10.3. The molecule has 17 heavy (non-hydrogen) atoms. The number of nitrogens with zero attached hydrogens (tertiary/aromatic N) is 2. The number of piperidine rings is 1. The van der Waals surface area contributed by atoms with Crippen LogP contribution in [0.5, 0.6) is 0 Å². The zero-order valence-electron chi connectivity index (χ0n) is 10.3. The quantitative estimate of drug-likeness (QED) is 0.742. The van der Waals surface area contributed by atoms with Crippen molar-refractivity contribution in [2.24, 2.45) is 5.92 Å². The molecule has 0 aromatic rings. The van der Waals surface area contributed by atoms with Crippen LogP contribution in [0, 0.1) is 5.92 Å². The van der Waals surface area contributed by atoms with E-state index < -0.39 is 12.7 Å². The second-order valence-electron chi connectivity index (χ2n) is 5.44. The van der Waals surface area contributed by atoms with Gasteiger partial charge in [-0.3, -0.25) is 4.90 Å². The van der Waals surface area contributed by atoms with Crippen molar-refractivity contribution in [1.29, 1.82) is 0 Å². The van der Waals surface area contributed by atoms with E-state index in [0.29, 0.717) is 12.5 Å². The second-order valence-corrected chi connectivity index (χ2v) is 5.44. The number of hydrogen-bond donors (Lipinski definition) is 0. The fourth-order valence-corrected chi connectivity index (χ4v) is 3.23. The van der Waals surface area contributed by atoms with E-state index in [1.807, 2.05) is 0 Å². The average Bonchev–Trinajstić information content (AvgIpc) is 2.64. The SMILES string of the molecule is CN1CCC([C@@H]2CCCN2CC(F)(F)F)CC1. The van der Waals surface area contributed by atoms with Gasteiger partial charge in [-0.05, 0) is 58.3 Å². The summed E-state index contributed by atoms with van der Waals surface area (Å²) in [5, 5.41) is 0. The normalized spacial score (nSPS) is 30.0. The molecule has 2 saturated heterocycles. The molecule has 100 valence electrons. The lowest BCUT2D eigenvalue weighted by Gasteiger charge is -2.37. The molecule has 2 heterocycles. The lowest BCUT2D eigenvalue weighted by molar-refractivity contribution is -0.150. The van der Waals surface area contributed by atoms with E-state index in [4.69, 9.17) is 0 Å². The first kappa shape index (κ1) is 13.1. The Labute approximate surface area is 101 Å². The number of likely N-dealkylation sites (tertiary alicyclic amines) is 2. The standard InChI is InChI=1S/C12H21F3N2/c1-16-7-4-10(5-8-16)11-3-2-6-17(11)9-12(13,14)15/h10-11H,2-9H2,1H3/t11-/m0/s1. The van der Waals surface area contributed by atoms with Crippen LogP contribution in [-0.4, -0.2) is 55.2 Å². The topological polar surface area (TPSA) is 6.48 Å². The van der Waals surface area contributed by atoms with Gasteiger partial charge in [-0.2, -0.15) is 13.2 Å². The number of rotatable bonds is 2. The summed E-state index contributed by atoms with van der Waals surface area (Å²) in [6.45, 7) is 1.96. The van der Waals surface area contributed by atoms with Crippen LogP contribution >= 0.6 is 0 Å². The van der Waals surface area contributed by atoms with Crippen molar-refractivity contribution in [3.63, 3.8) is 0 Å². The van der Waals surface area contributed by atoms with Crippen LogP contribution in [0.15, 0.2) is 0 Å². The highest BCUT2D eigenvalue weighted by Crippen LogP contribution is 2.32. The van der Waals surface area contributed by atoms with Gasteiger partial charge < -0.3 is 4.90 Å². The lowest BCUT2D eigenvalue weighted by atomic mass is 9.88. The highest BCUT2D eigenvalue weighted by Gasteiger charge is 2.39. The molecule has 0 spiro atoms. The Bertz CT molecular complexity index is 247. The van der Waals surface area contributed by atoms with Crippen LogP contribution in [0.25, 0.3) is 0 Å².